The molecule has 0 aromatic rings. The Balaban J connectivity index is 3.82. The predicted molar refractivity (Wildman–Crippen MR) is 69.3 cm³/mol. The highest BCUT2D eigenvalue weighted by Crippen LogP contribution is 2.12. The highest BCUT2D eigenvalue weighted by molar-refractivity contribution is 9.09. The van der Waals surface area contributed by atoms with Crippen molar-refractivity contribution in [1.82, 2.24) is 5.32 Å². The molecule has 1 amide bonds. The fourth-order valence-corrected chi connectivity index (χ4v) is 2.16. The van der Waals surface area contributed by atoms with Crippen molar-refractivity contribution in [2.45, 2.75) is 46.5 Å². The van der Waals surface area contributed by atoms with Crippen molar-refractivity contribution in [3.05, 3.63) is 0 Å². The van der Waals surface area contributed by atoms with Crippen LogP contribution in [0.25, 0.3) is 0 Å². The van der Waals surface area contributed by atoms with E-state index in [9.17, 15) is 4.79 Å². The van der Waals surface area contributed by atoms with Crippen LogP contribution in [0, 0.1) is 11.8 Å². The number of halogens is 1. The van der Waals surface area contributed by atoms with E-state index in [2.05, 4.69) is 28.2 Å². The number of hydrogen-bond acceptors (Lipinski definition) is 1. The lowest BCUT2D eigenvalue weighted by Gasteiger charge is -2.17. The zero-order valence-electron chi connectivity index (χ0n) is 10.2. The van der Waals surface area contributed by atoms with Gasteiger partial charge in [0.25, 0.3) is 0 Å². The molecule has 15 heavy (non-hydrogen) atoms. The summed E-state index contributed by atoms with van der Waals surface area (Å²) in [5.41, 5.74) is 0. The van der Waals surface area contributed by atoms with Crippen LogP contribution in [0.2, 0.25) is 0 Å². The summed E-state index contributed by atoms with van der Waals surface area (Å²) in [6.07, 6.45) is 4.46. The van der Waals surface area contributed by atoms with Crippen LogP contribution in [-0.4, -0.2) is 17.8 Å². The van der Waals surface area contributed by atoms with E-state index in [0.29, 0.717) is 5.92 Å². The third-order valence-corrected chi connectivity index (χ3v) is 3.30. The fraction of sp³-hybridized carbons (Fsp3) is 0.917. The zero-order chi connectivity index (χ0) is 11.7. The van der Waals surface area contributed by atoms with Gasteiger partial charge in [0.1, 0.15) is 0 Å². The molecule has 0 heterocycles. The van der Waals surface area contributed by atoms with Gasteiger partial charge < -0.3 is 5.32 Å². The summed E-state index contributed by atoms with van der Waals surface area (Å²) in [6.45, 7) is 7.06. The number of amides is 1. The summed E-state index contributed by atoms with van der Waals surface area (Å²) in [5.74, 6) is 0.979. The molecule has 0 saturated carbocycles. The van der Waals surface area contributed by atoms with E-state index in [-0.39, 0.29) is 11.8 Å². The number of carbonyl (C=O) groups excluding carboxylic acids is 1. The van der Waals surface area contributed by atoms with Crippen LogP contribution in [0.1, 0.15) is 46.5 Å². The van der Waals surface area contributed by atoms with Crippen molar-refractivity contribution >= 4 is 21.8 Å². The summed E-state index contributed by atoms with van der Waals surface area (Å²) in [5, 5.41) is 4.07. The van der Waals surface area contributed by atoms with Gasteiger partial charge in [0.15, 0.2) is 0 Å². The Morgan fingerprint density at radius 2 is 2.00 bits per heavy atom. The van der Waals surface area contributed by atoms with E-state index in [1.54, 1.807) is 0 Å². The molecule has 3 heteroatoms. The summed E-state index contributed by atoms with van der Waals surface area (Å²) in [4.78, 5) is 11.6. The lowest BCUT2D eigenvalue weighted by molar-refractivity contribution is -0.124. The monoisotopic (exact) mass is 277 g/mol. The maximum Gasteiger partial charge on any atom is 0.222 e. The second kappa shape index (κ2) is 9.20. The van der Waals surface area contributed by atoms with Gasteiger partial charge >= 0.3 is 0 Å². The van der Waals surface area contributed by atoms with E-state index in [4.69, 9.17) is 0 Å². The molecule has 0 radical (unpaired) electrons. The molecule has 0 aliphatic heterocycles. The van der Waals surface area contributed by atoms with Gasteiger partial charge in [-0.1, -0.05) is 43.1 Å². The molecule has 0 saturated heterocycles. The van der Waals surface area contributed by atoms with Gasteiger partial charge in [0.05, 0.1) is 0 Å². The normalized spacial score (nSPS) is 14.7. The Morgan fingerprint density at radius 1 is 1.33 bits per heavy atom. The first kappa shape index (κ1) is 14.9. The van der Waals surface area contributed by atoms with Gasteiger partial charge in [-0.15, -0.1) is 0 Å². The minimum absolute atomic E-state index is 0.149. The molecule has 90 valence electrons. The highest BCUT2D eigenvalue weighted by atomic mass is 79.9. The molecular formula is C12H24BrNO. The lowest BCUT2D eigenvalue weighted by atomic mass is 10.0. The van der Waals surface area contributed by atoms with Crippen LogP contribution in [0.3, 0.4) is 0 Å². The van der Waals surface area contributed by atoms with Gasteiger partial charge in [0.2, 0.25) is 5.91 Å². The summed E-state index contributed by atoms with van der Waals surface area (Å²) in [6, 6.07) is 0. The van der Waals surface area contributed by atoms with E-state index >= 15 is 0 Å². The maximum absolute atomic E-state index is 11.6. The fourth-order valence-electron chi connectivity index (χ4n) is 1.52. The van der Waals surface area contributed by atoms with Crippen molar-refractivity contribution in [1.29, 1.82) is 0 Å². The Morgan fingerprint density at radius 3 is 2.47 bits per heavy atom. The van der Waals surface area contributed by atoms with Crippen LogP contribution < -0.4 is 5.32 Å². The predicted octanol–water partition coefficient (Wildman–Crippen LogP) is 3.35. The van der Waals surface area contributed by atoms with Gasteiger partial charge in [-0.05, 0) is 25.2 Å². The maximum atomic E-state index is 11.6. The largest absolute Gasteiger partial charge is 0.356 e. The molecule has 0 aliphatic carbocycles. The van der Waals surface area contributed by atoms with Crippen LogP contribution in [0.5, 0.6) is 0 Å². The number of hydrogen-bond donors (Lipinski definition) is 1. The van der Waals surface area contributed by atoms with Crippen LogP contribution >= 0.6 is 15.9 Å². The summed E-state index contributed by atoms with van der Waals surface area (Å²) >= 11 is 3.46. The second-order valence-corrected chi connectivity index (χ2v) is 4.98. The summed E-state index contributed by atoms with van der Waals surface area (Å²) < 4.78 is 0. The molecule has 0 aromatic carbocycles. The SMILES string of the molecule is CCCC(CCBr)CNC(=O)C(C)CC. The topological polar surface area (TPSA) is 29.1 Å². The van der Waals surface area contributed by atoms with Crippen molar-refractivity contribution < 1.29 is 4.79 Å². The Labute approximate surface area is 102 Å². The van der Waals surface area contributed by atoms with Gasteiger partial charge in [0, 0.05) is 17.8 Å². The van der Waals surface area contributed by atoms with Crippen molar-refractivity contribution in [2.24, 2.45) is 11.8 Å². The minimum atomic E-state index is 0.149. The van der Waals surface area contributed by atoms with Crippen LogP contribution in [0.15, 0.2) is 0 Å². The van der Waals surface area contributed by atoms with Crippen LogP contribution in [0.4, 0.5) is 0 Å². The third kappa shape index (κ3) is 6.93. The van der Waals surface area contributed by atoms with E-state index in [0.717, 1.165) is 24.7 Å². The molecule has 0 aromatic heterocycles. The van der Waals surface area contributed by atoms with E-state index < -0.39 is 0 Å². The van der Waals surface area contributed by atoms with Crippen molar-refractivity contribution in [3.63, 3.8) is 0 Å². The van der Waals surface area contributed by atoms with Crippen molar-refractivity contribution in [3.8, 4) is 0 Å². The standard InChI is InChI=1S/C12H24BrNO/c1-4-6-11(7-8-13)9-14-12(15)10(3)5-2/h10-11H,4-9H2,1-3H3,(H,14,15). The average Bonchev–Trinajstić information content (AvgIpc) is 2.25. The number of carbonyl (C=O) groups is 1. The molecule has 2 atom stereocenters. The van der Waals surface area contributed by atoms with E-state index in [1.807, 2.05) is 13.8 Å². The molecule has 2 unspecified atom stereocenters. The molecule has 0 rings (SSSR count). The van der Waals surface area contributed by atoms with Crippen LogP contribution in [-0.2, 0) is 4.79 Å². The molecule has 0 aliphatic rings. The molecular weight excluding hydrogens is 254 g/mol. The average molecular weight is 278 g/mol. The lowest BCUT2D eigenvalue weighted by Crippen LogP contribution is -2.33. The molecule has 0 bridgehead atoms. The first-order valence-electron chi connectivity index (χ1n) is 5.99. The highest BCUT2D eigenvalue weighted by Gasteiger charge is 2.12. The number of rotatable bonds is 8. The first-order chi connectivity index (χ1) is 7.15. The Kier molecular flexibility index (Phi) is 9.17. The first-order valence-corrected chi connectivity index (χ1v) is 7.11. The zero-order valence-corrected chi connectivity index (χ0v) is 11.8. The second-order valence-electron chi connectivity index (χ2n) is 4.19. The molecule has 1 N–H and O–H groups in total. The number of nitrogens with one attached hydrogen (secondary N) is 1. The van der Waals surface area contributed by atoms with E-state index in [1.165, 1.54) is 12.8 Å². The molecule has 2 nitrogen and oxygen atoms in total. The minimum Gasteiger partial charge on any atom is -0.356 e. The Bertz CT molecular complexity index is 167. The molecule has 0 fully saturated rings. The quantitative estimate of drug-likeness (QED) is 0.678. The van der Waals surface area contributed by atoms with Gasteiger partial charge in [-0.25, -0.2) is 0 Å². The number of alkyl halides is 1. The third-order valence-electron chi connectivity index (χ3n) is 2.84. The van der Waals surface area contributed by atoms with Crippen molar-refractivity contribution in [2.75, 3.05) is 11.9 Å². The van der Waals surface area contributed by atoms with Gasteiger partial charge in [-0.2, -0.15) is 0 Å². The van der Waals surface area contributed by atoms with Gasteiger partial charge in [-0.3, -0.25) is 4.79 Å². The Hall–Kier alpha value is -0.0500. The molecule has 0 spiro atoms. The summed E-state index contributed by atoms with van der Waals surface area (Å²) in [7, 11) is 0. The smallest absolute Gasteiger partial charge is 0.222 e.